The van der Waals surface area contributed by atoms with Gasteiger partial charge in [-0.1, -0.05) is 35.5 Å². The van der Waals surface area contributed by atoms with Gasteiger partial charge in [0.25, 0.3) is 0 Å². The highest BCUT2D eigenvalue weighted by Crippen LogP contribution is 2.22. The number of benzene rings is 2. The van der Waals surface area contributed by atoms with E-state index in [1.54, 1.807) is 6.07 Å². The van der Waals surface area contributed by atoms with E-state index in [4.69, 9.17) is 10.3 Å². The summed E-state index contributed by atoms with van der Waals surface area (Å²) in [5.41, 5.74) is 8.60. The van der Waals surface area contributed by atoms with Crippen molar-refractivity contribution in [2.75, 3.05) is 11.1 Å². The molecule has 4 aromatic rings. The van der Waals surface area contributed by atoms with Crippen molar-refractivity contribution in [2.45, 2.75) is 18.9 Å². The number of hydrogen-bond donors (Lipinski definition) is 3. The van der Waals surface area contributed by atoms with Crippen molar-refractivity contribution in [2.24, 2.45) is 0 Å². The molecule has 0 radical (unpaired) electrons. The van der Waals surface area contributed by atoms with Gasteiger partial charge in [-0.2, -0.15) is 19.9 Å². The van der Waals surface area contributed by atoms with Crippen molar-refractivity contribution >= 4 is 23.5 Å². The Labute approximate surface area is 181 Å². The first-order valence-corrected chi connectivity index (χ1v) is 9.79. The first-order valence-electron chi connectivity index (χ1n) is 9.79. The molecule has 1 aliphatic carbocycles. The summed E-state index contributed by atoms with van der Waals surface area (Å²) >= 11 is 0. The number of carbonyl (C=O) groups is 1. The molecular formula is C21H17FN8O2. The normalized spacial score (nSPS) is 13.0. The zero-order chi connectivity index (χ0) is 22.1. The van der Waals surface area contributed by atoms with E-state index in [-0.39, 0.29) is 35.5 Å². The van der Waals surface area contributed by atoms with Crippen molar-refractivity contribution in [3.63, 3.8) is 0 Å². The number of fused-ring (bicyclic) bond motifs is 1. The van der Waals surface area contributed by atoms with E-state index in [1.165, 1.54) is 29.3 Å². The molecule has 1 amide bonds. The number of nitrogens with one attached hydrogen (secondary N) is 2. The summed E-state index contributed by atoms with van der Waals surface area (Å²) in [6.45, 7) is 0. The Morgan fingerprint density at radius 3 is 2.53 bits per heavy atom. The minimum Gasteiger partial charge on any atom is -0.368 e. The number of amides is 1. The topological polar surface area (TPSA) is 145 Å². The molecule has 0 saturated carbocycles. The molecule has 0 aliphatic heterocycles. The Bertz CT molecular complexity index is 1280. The summed E-state index contributed by atoms with van der Waals surface area (Å²) in [6.07, 6.45) is 1.48. The molecule has 2 aromatic carbocycles. The molecule has 4 N–H and O–H groups in total. The molecule has 0 atom stereocenters. The van der Waals surface area contributed by atoms with E-state index in [0.29, 0.717) is 5.69 Å². The molecule has 0 saturated heterocycles. The van der Waals surface area contributed by atoms with Gasteiger partial charge in [0, 0.05) is 11.7 Å². The maximum atomic E-state index is 13.4. The van der Waals surface area contributed by atoms with Gasteiger partial charge in [0.15, 0.2) is 0 Å². The Kier molecular flexibility index (Phi) is 4.90. The fourth-order valence-electron chi connectivity index (χ4n) is 3.56. The van der Waals surface area contributed by atoms with Gasteiger partial charge in [0.2, 0.25) is 23.5 Å². The van der Waals surface area contributed by atoms with E-state index in [1.807, 2.05) is 24.3 Å². The molecule has 0 unspecified atom stereocenters. The van der Waals surface area contributed by atoms with Crippen LogP contribution in [-0.2, 0) is 12.8 Å². The minimum atomic E-state index is -0.485. The van der Waals surface area contributed by atoms with Crippen molar-refractivity contribution in [3.8, 4) is 11.6 Å². The third kappa shape index (κ3) is 4.08. The van der Waals surface area contributed by atoms with Crippen LogP contribution in [0.15, 0.2) is 53.1 Å². The number of nitrogen functional groups attached to an aromatic ring is 1. The van der Waals surface area contributed by atoms with Gasteiger partial charge in [0.05, 0.1) is 0 Å². The summed E-state index contributed by atoms with van der Waals surface area (Å²) in [5, 5.41) is 9.52. The van der Waals surface area contributed by atoms with Crippen LogP contribution in [0.4, 0.5) is 22.0 Å². The Hall–Kier alpha value is -4.41. The lowest BCUT2D eigenvalue weighted by molar-refractivity contribution is 0.0894. The van der Waals surface area contributed by atoms with Gasteiger partial charge in [-0.3, -0.25) is 4.79 Å². The van der Waals surface area contributed by atoms with Crippen molar-refractivity contribution in [3.05, 3.63) is 71.4 Å². The number of halogens is 1. The van der Waals surface area contributed by atoms with E-state index in [2.05, 4.69) is 35.7 Å². The quantitative estimate of drug-likeness (QED) is 0.432. The van der Waals surface area contributed by atoms with Crippen LogP contribution in [0.2, 0.25) is 0 Å². The van der Waals surface area contributed by atoms with Crippen LogP contribution in [0, 0.1) is 5.82 Å². The SMILES string of the molecule is Nc1nc(Nc2cccc(F)c2)nc(-c2noc(C(=O)NC3Cc4ccccc4C3)n2)n1. The Balaban J connectivity index is 1.31. The average molecular weight is 432 g/mol. The number of nitrogens with zero attached hydrogens (tertiary/aromatic N) is 5. The van der Waals surface area contributed by atoms with Crippen LogP contribution in [-0.4, -0.2) is 37.0 Å². The number of anilines is 3. The van der Waals surface area contributed by atoms with E-state index < -0.39 is 11.7 Å². The van der Waals surface area contributed by atoms with Crippen molar-refractivity contribution in [1.29, 1.82) is 0 Å². The van der Waals surface area contributed by atoms with Crippen molar-refractivity contribution < 1.29 is 13.7 Å². The van der Waals surface area contributed by atoms with Crippen LogP contribution in [0.1, 0.15) is 21.8 Å². The van der Waals surface area contributed by atoms with Crippen molar-refractivity contribution in [1.82, 2.24) is 30.4 Å². The highest BCUT2D eigenvalue weighted by atomic mass is 19.1. The number of carbonyl (C=O) groups excluding carboxylic acids is 1. The molecule has 0 fully saturated rings. The molecule has 160 valence electrons. The first kappa shape index (κ1) is 19.5. The molecule has 10 nitrogen and oxygen atoms in total. The Morgan fingerprint density at radius 2 is 1.78 bits per heavy atom. The molecule has 5 rings (SSSR count). The maximum Gasteiger partial charge on any atom is 0.316 e. The Morgan fingerprint density at radius 1 is 1.00 bits per heavy atom. The lowest BCUT2D eigenvalue weighted by atomic mass is 10.1. The summed E-state index contributed by atoms with van der Waals surface area (Å²) < 4.78 is 18.5. The zero-order valence-electron chi connectivity index (χ0n) is 16.6. The second-order valence-corrected chi connectivity index (χ2v) is 7.25. The predicted octanol–water partition coefficient (Wildman–Crippen LogP) is 2.28. The van der Waals surface area contributed by atoms with Gasteiger partial charge in [-0.25, -0.2) is 4.39 Å². The largest absolute Gasteiger partial charge is 0.368 e. The number of aromatic nitrogens is 5. The summed E-state index contributed by atoms with van der Waals surface area (Å²) in [7, 11) is 0. The molecule has 2 heterocycles. The molecular weight excluding hydrogens is 415 g/mol. The second-order valence-electron chi connectivity index (χ2n) is 7.25. The zero-order valence-corrected chi connectivity index (χ0v) is 16.6. The third-order valence-corrected chi connectivity index (χ3v) is 4.94. The fourth-order valence-corrected chi connectivity index (χ4v) is 3.56. The van der Waals surface area contributed by atoms with Crippen LogP contribution in [0.3, 0.4) is 0 Å². The van der Waals surface area contributed by atoms with Crippen LogP contribution in [0.5, 0.6) is 0 Å². The van der Waals surface area contributed by atoms with E-state index >= 15 is 0 Å². The monoisotopic (exact) mass is 432 g/mol. The summed E-state index contributed by atoms with van der Waals surface area (Å²) in [6, 6.07) is 13.8. The fraction of sp³-hybridized carbons (Fsp3) is 0.143. The highest BCUT2D eigenvalue weighted by Gasteiger charge is 2.26. The van der Waals surface area contributed by atoms with Gasteiger partial charge in [-0.15, -0.1) is 0 Å². The lowest BCUT2D eigenvalue weighted by Gasteiger charge is -2.09. The maximum absolute atomic E-state index is 13.4. The smallest absolute Gasteiger partial charge is 0.316 e. The predicted molar refractivity (Wildman–Crippen MR) is 112 cm³/mol. The second kappa shape index (κ2) is 8.02. The van der Waals surface area contributed by atoms with Gasteiger partial charge < -0.3 is 20.9 Å². The number of rotatable bonds is 5. The molecule has 0 spiro atoms. The van der Waals surface area contributed by atoms with Gasteiger partial charge in [0.1, 0.15) is 5.82 Å². The van der Waals surface area contributed by atoms with Crippen LogP contribution in [0.25, 0.3) is 11.6 Å². The summed E-state index contributed by atoms with van der Waals surface area (Å²) in [5.74, 6) is -1.17. The van der Waals surface area contributed by atoms with E-state index in [9.17, 15) is 9.18 Å². The summed E-state index contributed by atoms with van der Waals surface area (Å²) in [4.78, 5) is 28.8. The standard InChI is InChI=1S/C21H17FN8O2/c22-13-6-3-7-14(10-13)25-21-28-16(27-20(23)29-21)17-26-19(32-30-17)18(31)24-15-8-11-4-1-2-5-12(11)9-15/h1-7,10,15H,8-9H2,(H,24,31)(H3,23,25,27,28,29). The van der Waals surface area contributed by atoms with E-state index in [0.717, 1.165) is 12.8 Å². The molecule has 1 aliphatic rings. The number of nitrogens with two attached hydrogens (primary N) is 1. The molecule has 0 bridgehead atoms. The first-order chi connectivity index (χ1) is 15.5. The third-order valence-electron chi connectivity index (χ3n) is 4.94. The average Bonchev–Trinajstić information content (AvgIpc) is 3.40. The minimum absolute atomic E-state index is 0.00692. The number of hydrogen-bond acceptors (Lipinski definition) is 9. The van der Waals surface area contributed by atoms with Gasteiger partial charge >= 0.3 is 11.8 Å². The molecule has 32 heavy (non-hydrogen) atoms. The highest BCUT2D eigenvalue weighted by molar-refractivity contribution is 5.90. The lowest BCUT2D eigenvalue weighted by Crippen LogP contribution is -2.35. The molecule has 11 heteroatoms. The molecule has 2 aromatic heterocycles. The van der Waals surface area contributed by atoms with Crippen LogP contribution >= 0.6 is 0 Å². The van der Waals surface area contributed by atoms with Gasteiger partial charge in [-0.05, 0) is 42.2 Å². The van der Waals surface area contributed by atoms with Crippen LogP contribution < -0.4 is 16.4 Å².